The average molecular weight is 282 g/mol. The van der Waals surface area contributed by atoms with Crippen molar-refractivity contribution in [1.82, 2.24) is 10.1 Å². The van der Waals surface area contributed by atoms with E-state index in [1.807, 2.05) is 38.1 Å². The normalized spacial score (nSPS) is 12.3. The van der Waals surface area contributed by atoms with E-state index in [0.29, 0.717) is 11.7 Å². The Bertz CT molecular complexity index is 749. The first-order chi connectivity index (χ1) is 10.1. The molecule has 2 aromatic carbocycles. The van der Waals surface area contributed by atoms with Gasteiger partial charge < -0.3 is 4.52 Å². The third-order valence-corrected chi connectivity index (χ3v) is 3.57. The minimum absolute atomic E-state index is 0.0733. The van der Waals surface area contributed by atoms with E-state index >= 15 is 0 Å². The van der Waals surface area contributed by atoms with Crippen LogP contribution in [0.1, 0.15) is 29.9 Å². The van der Waals surface area contributed by atoms with Crippen molar-refractivity contribution in [2.75, 3.05) is 0 Å². The molecule has 106 valence electrons. The lowest BCUT2D eigenvalue weighted by Gasteiger charge is -2.06. The maximum Gasteiger partial charge on any atom is 0.234 e. The molecule has 3 aromatic rings. The fourth-order valence-corrected chi connectivity index (χ4v) is 2.24. The van der Waals surface area contributed by atoms with Crippen LogP contribution in [0, 0.1) is 12.7 Å². The average Bonchev–Trinajstić information content (AvgIpc) is 2.97. The number of aryl methyl sites for hydroxylation is 1. The SMILES string of the molecule is Cc1ccccc1-c1noc(C(C)c2ccc(F)cc2)n1. The molecule has 0 aliphatic heterocycles. The number of nitrogens with zero attached hydrogens (tertiary/aromatic N) is 2. The minimum atomic E-state index is -0.253. The first-order valence-corrected chi connectivity index (χ1v) is 6.80. The highest BCUT2D eigenvalue weighted by Gasteiger charge is 2.17. The fraction of sp³-hybridized carbons (Fsp3) is 0.176. The van der Waals surface area contributed by atoms with Gasteiger partial charge in [0.05, 0.1) is 5.92 Å². The molecule has 0 aliphatic carbocycles. The monoisotopic (exact) mass is 282 g/mol. The number of hydrogen-bond acceptors (Lipinski definition) is 3. The van der Waals surface area contributed by atoms with Crippen molar-refractivity contribution in [3.63, 3.8) is 0 Å². The molecule has 0 amide bonds. The zero-order valence-corrected chi connectivity index (χ0v) is 11.9. The van der Waals surface area contributed by atoms with Crippen LogP contribution in [0.15, 0.2) is 53.1 Å². The summed E-state index contributed by atoms with van der Waals surface area (Å²) in [5, 5.41) is 4.05. The van der Waals surface area contributed by atoms with Gasteiger partial charge in [0, 0.05) is 5.56 Å². The fourth-order valence-electron chi connectivity index (χ4n) is 2.24. The van der Waals surface area contributed by atoms with Gasteiger partial charge in [-0.1, -0.05) is 41.6 Å². The molecule has 0 fully saturated rings. The Labute approximate surface area is 122 Å². The summed E-state index contributed by atoms with van der Waals surface area (Å²) in [6, 6.07) is 14.2. The van der Waals surface area contributed by atoms with Gasteiger partial charge in [-0.05, 0) is 37.1 Å². The van der Waals surface area contributed by atoms with Crippen molar-refractivity contribution in [3.8, 4) is 11.4 Å². The van der Waals surface area contributed by atoms with Crippen molar-refractivity contribution < 1.29 is 8.91 Å². The molecule has 1 atom stereocenters. The van der Waals surface area contributed by atoms with E-state index in [1.165, 1.54) is 12.1 Å². The van der Waals surface area contributed by atoms with E-state index in [0.717, 1.165) is 16.7 Å². The zero-order chi connectivity index (χ0) is 14.8. The number of aromatic nitrogens is 2. The van der Waals surface area contributed by atoms with Gasteiger partial charge in [-0.15, -0.1) is 0 Å². The molecule has 1 heterocycles. The molecule has 0 saturated carbocycles. The Balaban J connectivity index is 1.91. The number of hydrogen-bond donors (Lipinski definition) is 0. The summed E-state index contributed by atoms with van der Waals surface area (Å²) in [6.45, 7) is 3.97. The van der Waals surface area contributed by atoms with Gasteiger partial charge in [0.2, 0.25) is 11.7 Å². The molecule has 3 rings (SSSR count). The van der Waals surface area contributed by atoms with Crippen LogP contribution in [0.4, 0.5) is 4.39 Å². The summed E-state index contributed by atoms with van der Waals surface area (Å²) in [6.07, 6.45) is 0. The minimum Gasteiger partial charge on any atom is -0.338 e. The van der Waals surface area contributed by atoms with Gasteiger partial charge in [0.25, 0.3) is 0 Å². The van der Waals surface area contributed by atoms with Crippen LogP contribution in [0.3, 0.4) is 0 Å². The standard InChI is InChI=1S/C17H15FN2O/c1-11-5-3-4-6-15(11)16-19-17(21-20-16)12(2)13-7-9-14(18)10-8-13/h3-10,12H,1-2H3. The van der Waals surface area contributed by atoms with E-state index < -0.39 is 0 Å². The number of rotatable bonds is 3. The van der Waals surface area contributed by atoms with Gasteiger partial charge >= 0.3 is 0 Å². The lowest BCUT2D eigenvalue weighted by molar-refractivity contribution is 0.370. The highest BCUT2D eigenvalue weighted by atomic mass is 19.1. The molecule has 0 radical (unpaired) electrons. The Morgan fingerprint density at radius 2 is 1.76 bits per heavy atom. The van der Waals surface area contributed by atoms with Gasteiger partial charge in [-0.3, -0.25) is 0 Å². The second-order valence-electron chi connectivity index (χ2n) is 5.04. The third kappa shape index (κ3) is 2.70. The van der Waals surface area contributed by atoms with E-state index in [1.54, 1.807) is 12.1 Å². The Morgan fingerprint density at radius 1 is 1.05 bits per heavy atom. The smallest absolute Gasteiger partial charge is 0.234 e. The predicted octanol–water partition coefficient (Wildman–Crippen LogP) is 4.34. The highest BCUT2D eigenvalue weighted by Crippen LogP contribution is 2.26. The van der Waals surface area contributed by atoms with Crippen molar-refractivity contribution in [1.29, 1.82) is 0 Å². The Kier molecular flexibility index (Phi) is 3.52. The summed E-state index contributed by atoms with van der Waals surface area (Å²) in [4.78, 5) is 4.47. The molecule has 0 aliphatic rings. The van der Waals surface area contributed by atoms with Crippen LogP contribution < -0.4 is 0 Å². The van der Waals surface area contributed by atoms with E-state index in [-0.39, 0.29) is 11.7 Å². The lowest BCUT2D eigenvalue weighted by atomic mass is 10.0. The molecule has 1 unspecified atom stereocenters. The first kappa shape index (κ1) is 13.5. The second kappa shape index (κ2) is 5.48. The van der Waals surface area contributed by atoms with Crippen molar-refractivity contribution in [2.45, 2.75) is 19.8 Å². The van der Waals surface area contributed by atoms with Crippen molar-refractivity contribution in [3.05, 3.63) is 71.4 Å². The summed E-state index contributed by atoms with van der Waals surface area (Å²) < 4.78 is 18.3. The van der Waals surface area contributed by atoms with Crippen LogP contribution in [0.5, 0.6) is 0 Å². The summed E-state index contributed by atoms with van der Waals surface area (Å²) in [5.41, 5.74) is 2.99. The van der Waals surface area contributed by atoms with Gasteiger partial charge in [-0.2, -0.15) is 4.98 Å². The van der Waals surface area contributed by atoms with Crippen molar-refractivity contribution >= 4 is 0 Å². The maximum absolute atomic E-state index is 13.0. The van der Waals surface area contributed by atoms with Gasteiger partial charge in [0.1, 0.15) is 5.82 Å². The maximum atomic E-state index is 13.0. The molecule has 0 saturated heterocycles. The topological polar surface area (TPSA) is 38.9 Å². The highest BCUT2D eigenvalue weighted by molar-refractivity contribution is 5.59. The van der Waals surface area contributed by atoms with Crippen molar-refractivity contribution in [2.24, 2.45) is 0 Å². The molecular weight excluding hydrogens is 267 g/mol. The van der Waals surface area contributed by atoms with Crippen LogP contribution in [-0.2, 0) is 0 Å². The quantitative estimate of drug-likeness (QED) is 0.717. The molecule has 3 nitrogen and oxygen atoms in total. The molecule has 1 aromatic heterocycles. The second-order valence-corrected chi connectivity index (χ2v) is 5.04. The van der Waals surface area contributed by atoms with E-state index in [2.05, 4.69) is 10.1 Å². The van der Waals surface area contributed by atoms with Crippen LogP contribution in [-0.4, -0.2) is 10.1 Å². The first-order valence-electron chi connectivity index (χ1n) is 6.80. The summed E-state index contributed by atoms with van der Waals surface area (Å²) >= 11 is 0. The van der Waals surface area contributed by atoms with E-state index in [4.69, 9.17) is 4.52 Å². The molecule has 4 heteroatoms. The predicted molar refractivity (Wildman–Crippen MR) is 78.4 cm³/mol. The number of benzene rings is 2. The van der Waals surface area contributed by atoms with Gasteiger partial charge in [0.15, 0.2) is 0 Å². The summed E-state index contributed by atoms with van der Waals surface area (Å²) in [7, 11) is 0. The lowest BCUT2D eigenvalue weighted by Crippen LogP contribution is -1.96. The molecule has 0 bridgehead atoms. The molecule has 0 N–H and O–H groups in total. The molecule has 0 spiro atoms. The Hall–Kier alpha value is -2.49. The van der Waals surface area contributed by atoms with Crippen LogP contribution >= 0.6 is 0 Å². The van der Waals surface area contributed by atoms with Gasteiger partial charge in [-0.25, -0.2) is 4.39 Å². The Morgan fingerprint density at radius 3 is 2.48 bits per heavy atom. The number of halogens is 1. The van der Waals surface area contributed by atoms with E-state index in [9.17, 15) is 4.39 Å². The molecular formula is C17H15FN2O. The van der Waals surface area contributed by atoms with Crippen LogP contribution in [0.2, 0.25) is 0 Å². The third-order valence-electron chi connectivity index (χ3n) is 3.57. The largest absolute Gasteiger partial charge is 0.338 e. The summed E-state index contributed by atoms with van der Waals surface area (Å²) in [5.74, 6) is 0.782. The van der Waals surface area contributed by atoms with Crippen LogP contribution in [0.25, 0.3) is 11.4 Å². The molecule has 21 heavy (non-hydrogen) atoms. The zero-order valence-electron chi connectivity index (χ0n) is 11.9.